The summed E-state index contributed by atoms with van der Waals surface area (Å²) in [5.74, 6) is -0.813. The number of aromatic amines is 2. The van der Waals surface area contributed by atoms with Gasteiger partial charge in [0, 0.05) is 18.7 Å². The van der Waals surface area contributed by atoms with Gasteiger partial charge in [0.1, 0.15) is 11.5 Å². The van der Waals surface area contributed by atoms with Gasteiger partial charge >= 0.3 is 0 Å². The van der Waals surface area contributed by atoms with Gasteiger partial charge in [0.05, 0.1) is 41.7 Å². The van der Waals surface area contributed by atoms with E-state index in [1.54, 1.807) is 42.2 Å². The Labute approximate surface area is 188 Å². The van der Waals surface area contributed by atoms with Crippen molar-refractivity contribution < 1.29 is 18.7 Å². The molecular formula is C23H21FN6O3. The Morgan fingerprint density at radius 1 is 1.18 bits per heavy atom. The number of nitrogens with zero attached hydrogens (tertiary/aromatic N) is 3. The van der Waals surface area contributed by atoms with Crippen LogP contribution in [-0.2, 0) is 4.74 Å². The fourth-order valence-electron chi connectivity index (χ4n) is 3.88. The Bertz CT molecular complexity index is 1340. The molecule has 3 N–H and O–H groups in total. The number of carbonyl (C=O) groups excluding carboxylic acids is 2. The molecule has 168 valence electrons. The van der Waals surface area contributed by atoms with Crippen LogP contribution < -0.4 is 5.32 Å². The average Bonchev–Trinajstić information content (AvgIpc) is 3.45. The number of benzene rings is 2. The number of morpholine rings is 1. The molecule has 5 rings (SSSR count). The summed E-state index contributed by atoms with van der Waals surface area (Å²) in [7, 11) is 0. The lowest BCUT2D eigenvalue weighted by Gasteiger charge is -2.26. The average molecular weight is 448 g/mol. The Balaban J connectivity index is 1.42. The van der Waals surface area contributed by atoms with Crippen LogP contribution in [0.2, 0.25) is 0 Å². The molecule has 1 aliphatic heterocycles. The molecular weight excluding hydrogens is 427 g/mol. The number of nitrogens with one attached hydrogen (secondary N) is 3. The van der Waals surface area contributed by atoms with Gasteiger partial charge in [0.25, 0.3) is 11.8 Å². The lowest BCUT2D eigenvalue weighted by Crippen LogP contribution is -2.40. The standard InChI is InChI=1S/C23H21FN6O3/c1-13-3-2-4-15(24)19(13)22(31)28-18-12-25-29-20(18)21-26-16-6-5-14(11-17(16)27-21)23(32)30-7-9-33-10-8-30/h2-6,11-12H,7-10H2,1H3,(H,25,29)(H,26,27)(H,28,31). The van der Waals surface area contributed by atoms with Gasteiger partial charge in [-0.05, 0) is 36.8 Å². The maximum absolute atomic E-state index is 14.2. The van der Waals surface area contributed by atoms with Crippen LogP contribution in [0.15, 0.2) is 42.6 Å². The first kappa shape index (κ1) is 20.8. The fourth-order valence-corrected chi connectivity index (χ4v) is 3.88. The van der Waals surface area contributed by atoms with Crippen LogP contribution in [0.4, 0.5) is 10.1 Å². The number of aromatic nitrogens is 4. The maximum Gasteiger partial charge on any atom is 0.259 e. The first-order valence-electron chi connectivity index (χ1n) is 10.5. The monoisotopic (exact) mass is 448 g/mol. The second-order valence-electron chi connectivity index (χ2n) is 7.77. The van der Waals surface area contributed by atoms with Crippen molar-refractivity contribution in [3.05, 3.63) is 65.1 Å². The van der Waals surface area contributed by atoms with Gasteiger partial charge in [0.15, 0.2) is 5.82 Å². The van der Waals surface area contributed by atoms with E-state index in [4.69, 9.17) is 4.74 Å². The molecule has 0 saturated carbocycles. The predicted octanol–water partition coefficient (Wildman–Crippen LogP) is 3.13. The number of H-pyrrole nitrogens is 2. The molecule has 0 aliphatic carbocycles. The maximum atomic E-state index is 14.2. The molecule has 0 spiro atoms. The Hall–Kier alpha value is -4.05. The zero-order valence-corrected chi connectivity index (χ0v) is 17.8. The lowest BCUT2D eigenvalue weighted by molar-refractivity contribution is 0.0303. The zero-order chi connectivity index (χ0) is 22.9. The molecule has 0 unspecified atom stereocenters. The third-order valence-electron chi connectivity index (χ3n) is 5.60. The Kier molecular flexibility index (Phi) is 5.35. The van der Waals surface area contributed by atoms with Gasteiger partial charge in [-0.15, -0.1) is 0 Å². The molecule has 9 nitrogen and oxygen atoms in total. The Morgan fingerprint density at radius 3 is 2.79 bits per heavy atom. The second kappa shape index (κ2) is 8.47. The van der Waals surface area contributed by atoms with Crippen LogP contribution in [0.5, 0.6) is 0 Å². The van der Waals surface area contributed by atoms with Crippen molar-refractivity contribution in [3.63, 3.8) is 0 Å². The molecule has 2 aromatic carbocycles. The number of carbonyl (C=O) groups is 2. The van der Waals surface area contributed by atoms with Crippen molar-refractivity contribution in [3.8, 4) is 11.5 Å². The topological polar surface area (TPSA) is 116 Å². The van der Waals surface area contributed by atoms with Crippen molar-refractivity contribution in [2.75, 3.05) is 31.6 Å². The summed E-state index contributed by atoms with van der Waals surface area (Å²) in [5.41, 5.74) is 3.16. The van der Waals surface area contributed by atoms with E-state index in [0.717, 1.165) is 0 Å². The number of hydrogen-bond donors (Lipinski definition) is 3. The van der Waals surface area contributed by atoms with Crippen molar-refractivity contribution in [2.24, 2.45) is 0 Å². The number of fused-ring (bicyclic) bond motifs is 1. The molecule has 0 radical (unpaired) electrons. The smallest absolute Gasteiger partial charge is 0.259 e. The summed E-state index contributed by atoms with van der Waals surface area (Å²) in [6, 6.07) is 9.72. The van der Waals surface area contributed by atoms with Crippen molar-refractivity contribution in [1.29, 1.82) is 0 Å². The van der Waals surface area contributed by atoms with Gasteiger partial charge in [-0.1, -0.05) is 12.1 Å². The van der Waals surface area contributed by atoms with Crippen molar-refractivity contribution >= 4 is 28.5 Å². The van der Waals surface area contributed by atoms with Gasteiger partial charge in [-0.3, -0.25) is 14.7 Å². The number of aryl methyl sites for hydroxylation is 1. The molecule has 1 fully saturated rings. The summed E-state index contributed by atoms with van der Waals surface area (Å²) in [4.78, 5) is 35.0. The number of rotatable bonds is 4. The SMILES string of the molecule is Cc1cccc(F)c1C(=O)Nc1cn[nH]c1-c1nc2ccc(C(=O)N3CCOCC3)cc2[nH]1. The molecule has 2 amide bonds. The fraction of sp³-hybridized carbons (Fsp3) is 0.217. The third-order valence-corrected chi connectivity index (χ3v) is 5.60. The molecule has 1 aliphatic rings. The highest BCUT2D eigenvalue weighted by molar-refractivity contribution is 6.07. The van der Waals surface area contributed by atoms with Crippen LogP contribution in [0.1, 0.15) is 26.3 Å². The minimum Gasteiger partial charge on any atom is -0.378 e. The van der Waals surface area contributed by atoms with E-state index in [1.165, 1.54) is 12.3 Å². The van der Waals surface area contributed by atoms with E-state index in [-0.39, 0.29) is 11.5 Å². The minimum atomic E-state index is -0.598. The highest BCUT2D eigenvalue weighted by Crippen LogP contribution is 2.27. The summed E-state index contributed by atoms with van der Waals surface area (Å²) >= 11 is 0. The van der Waals surface area contributed by atoms with Crippen molar-refractivity contribution in [2.45, 2.75) is 6.92 Å². The van der Waals surface area contributed by atoms with Gasteiger partial charge < -0.3 is 19.9 Å². The molecule has 2 aromatic heterocycles. The van der Waals surface area contributed by atoms with E-state index < -0.39 is 11.7 Å². The van der Waals surface area contributed by atoms with Crippen LogP contribution >= 0.6 is 0 Å². The van der Waals surface area contributed by atoms with Gasteiger partial charge in [-0.2, -0.15) is 5.10 Å². The summed E-state index contributed by atoms with van der Waals surface area (Å²) in [6.45, 7) is 3.85. The molecule has 0 atom stereocenters. The van der Waals surface area contributed by atoms with Crippen molar-refractivity contribution in [1.82, 2.24) is 25.1 Å². The first-order valence-corrected chi connectivity index (χ1v) is 10.5. The van der Waals surface area contributed by atoms with E-state index >= 15 is 0 Å². The largest absolute Gasteiger partial charge is 0.378 e. The minimum absolute atomic E-state index is 0.0273. The van der Waals surface area contributed by atoms with E-state index in [9.17, 15) is 14.0 Å². The molecule has 10 heteroatoms. The number of amides is 2. The highest BCUT2D eigenvalue weighted by Gasteiger charge is 2.21. The second-order valence-corrected chi connectivity index (χ2v) is 7.77. The van der Waals surface area contributed by atoms with Crippen LogP contribution in [0.3, 0.4) is 0 Å². The number of imidazole rings is 1. The number of halogens is 1. The highest BCUT2D eigenvalue weighted by atomic mass is 19.1. The zero-order valence-electron chi connectivity index (χ0n) is 17.8. The van der Waals surface area contributed by atoms with Gasteiger partial charge in [-0.25, -0.2) is 9.37 Å². The molecule has 33 heavy (non-hydrogen) atoms. The van der Waals surface area contributed by atoms with Crippen LogP contribution in [0.25, 0.3) is 22.6 Å². The van der Waals surface area contributed by atoms with E-state index in [2.05, 4.69) is 25.5 Å². The molecule has 4 aromatic rings. The number of hydrogen-bond acceptors (Lipinski definition) is 5. The molecule has 0 bridgehead atoms. The van der Waals surface area contributed by atoms with Crippen LogP contribution in [0, 0.1) is 12.7 Å². The summed E-state index contributed by atoms with van der Waals surface area (Å²) in [6.07, 6.45) is 1.43. The lowest BCUT2D eigenvalue weighted by atomic mass is 10.1. The molecule has 3 heterocycles. The van der Waals surface area contributed by atoms with E-state index in [1.807, 2.05) is 0 Å². The first-order chi connectivity index (χ1) is 16.0. The summed E-state index contributed by atoms with van der Waals surface area (Å²) < 4.78 is 19.5. The van der Waals surface area contributed by atoms with Gasteiger partial charge in [0.2, 0.25) is 0 Å². The van der Waals surface area contributed by atoms with E-state index in [0.29, 0.717) is 65.7 Å². The quantitative estimate of drug-likeness (QED) is 0.444. The van der Waals surface area contributed by atoms with Crippen LogP contribution in [-0.4, -0.2) is 63.2 Å². The number of anilines is 1. The Morgan fingerprint density at radius 2 is 2.00 bits per heavy atom. The third kappa shape index (κ3) is 3.96. The predicted molar refractivity (Wildman–Crippen MR) is 119 cm³/mol. The summed E-state index contributed by atoms with van der Waals surface area (Å²) in [5, 5.41) is 9.52. The molecule has 1 saturated heterocycles. The number of ether oxygens (including phenoxy) is 1. The normalized spacial score (nSPS) is 13.9.